The topological polar surface area (TPSA) is 56.6 Å². The van der Waals surface area contributed by atoms with Crippen molar-refractivity contribution in [3.05, 3.63) is 107 Å². The van der Waals surface area contributed by atoms with Gasteiger partial charge in [0, 0.05) is 16.8 Å². The summed E-state index contributed by atoms with van der Waals surface area (Å²) < 4.78 is 14.3. The lowest BCUT2D eigenvalue weighted by Crippen LogP contribution is -2.13. The molecule has 0 aliphatic rings. The van der Waals surface area contributed by atoms with E-state index in [1.165, 1.54) is 6.07 Å². The van der Waals surface area contributed by atoms with Crippen molar-refractivity contribution in [1.29, 1.82) is 5.26 Å². The lowest BCUT2D eigenvalue weighted by molar-refractivity contribution is 0.631. The van der Waals surface area contributed by atoms with Crippen LogP contribution in [0.25, 0.3) is 33.5 Å². The van der Waals surface area contributed by atoms with E-state index in [2.05, 4.69) is 4.98 Å². The zero-order valence-electron chi connectivity index (χ0n) is 14.8. The molecular formula is C24H15FN2O. The zero-order valence-corrected chi connectivity index (χ0v) is 14.8. The van der Waals surface area contributed by atoms with Crippen molar-refractivity contribution in [3.63, 3.8) is 0 Å². The van der Waals surface area contributed by atoms with Crippen LogP contribution in [0.4, 0.5) is 4.39 Å². The van der Waals surface area contributed by atoms with Gasteiger partial charge in [-0.1, -0.05) is 72.8 Å². The number of rotatable bonds is 3. The van der Waals surface area contributed by atoms with Crippen LogP contribution < -0.4 is 5.56 Å². The van der Waals surface area contributed by atoms with Crippen molar-refractivity contribution in [3.8, 4) is 39.6 Å². The summed E-state index contributed by atoms with van der Waals surface area (Å²) in [4.78, 5) is 15.2. The van der Waals surface area contributed by atoms with Gasteiger partial charge in [0.15, 0.2) is 0 Å². The Morgan fingerprint density at radius 3 is 2.04 bits per heavy atom. The number of hydrogen-bond acceptors (Lipinski definition) is 2. The first-order valence-corrected chi connectivity index (χ1v) is 8.75. The molecule has 1 heterocycles. The number of H-pyrrole nitrogens is 1. The van der Waals surface area contributed by atoms with Gasteiger partial charge in [-0.2, -0.15) is 5.26 Å². The van der Waals surface area contributed by atoms with Gasteiger partial charge in [-0.3, -0.25) is 4.79 Å². The molecule has 0 radical (unpaired) electrons. The van der Waals surface area contributed by atoms with Crippen molar-refractivity contribution in [2.45, 2.75) is 0 Å². The Hall–Kier alpha value is -3.97. The van der Waals surface area contributed by atoms with Gasteiger partial charge in [-0.05, 0) is 28.8 Å². The molecule has 1 aromatic heterocycles. The number of halogens is 1. The highest BCUT2D eigenvalue weighted by molar-refractivity contribution is 5.76. The number of nitrogens with zero attached hydrogens (tertiary/aromatic N) is 1. The molecule has 0 saturated carbocycles. The van der Waals surface area contributed by atoms with Crippen LogP contribution in [0.3, 0.4) is 0 Å². The lowest BCUT2D eigenvalue weighted by Gasteiger charge is -2.10. The molecule has 0 aliphatic heterocycles. The largest absolute Gasteiger partial charge is 0.321 e. The van der Waals surface area contributed by atoms with Crippen LogP contribution in [0.15, 0.2) is 89.7 Å². The molecule has 3 aromatic carbocycles. The SMILES string of the molecule is N#Cc1c(-c2ccccc2F)cc(-c2ccc(-c3ccccc3)cc2)[nH]c1=O. The third-order valence-electron chi connectivity index (χ3n) is 4.61. The average molecular weight is 366 g/mol. The van der Waals surface area contributed by atoms with E-state index >= 15 is 0 Å². The van der Waals surface area contributed by atoms with E-state index in [0.29, 0.717) is 5.69 Å². The van der Waals surface area contributed by atoms with E-state index in [1.54, 1.807) is 24.3 Å². The second-order valence-electron chi connectivity index (χ2n) is 6.34. The van der Waals surface area contributed by atoms with Crippen molar-refractivity contribution >= 4 is 0 Å². The summed E-state index contributed by atoms with van der Waals surface area (Å²) in [7, 11) is 0. The van der Waals surface area contributed by atoms with E-state index in [-0.39, 0.29) is 16.7 Å². The van der Waals surface area contributed by atoms with Gasteiger partial charge in [-0.15, -0.1) is 0 Å². The predicted molar refractivity (Wildman–Crippen MR) is 108 cm³/mol. The first-order chi connectivity index (χ1) is 13.7. The molecule has 4 heteroatoms. The van der Waals surface area contributed by atoms with Gasteiger partial charge >= 0.3 is 0 Å². The number of nitriles is 1. The summed E-state index contributed by atoms with van der Waals surface area (Å²) in [6.07, 6.45) is 0. The van der Waals surface area contributed by atoms with E-state index in [1.807, 2.05) is 60.7 Å². The third kappa shape index (κ3) is 3.22. The molecule has 28 heavy (non-hydrogen) atoms. The van der Waals surface area contributed by atoms with Crippen molar-refractivity contribution in [2.75, 3.05) is 0 Å². The van der Waals surface area contributed by atoms with Crippen molar-refractivity contribution in [1.82, 2.24) is 4.98 Å². The fraction of sp³-hybridized carbons (Fsp3) is 0. The Morgan fingerprint density at radius 1 is 0.750 bits per heavy atom. The maximum atomic E-state index is 14.3. The first kappa shape index (κ1) is 17.4. The molecule has 4 aromatic rings. The number of aromatic nitrogens is 1. The fourth-order valence-corrected chi connectivity index (χ4v) is 3.19. The molecule has 134 valence electrons. The standard InChI is InChI=1S/C24H15FN2O/c25-22-9-5-4-8-19(22)20-14-23(27-24(28)21(20)15-26)18-12-10-17(11-13-18)16-6-2-1-3-7-16/h1-14H,(H,27,28). The number of hydrogen-bond donors (Lipinski definition) is 1. The van der Waals surface area contributed by atoms with E-state index < -0.39 is 11.4 Å². The predicted octanol–water partition coefficient (Wildman–Crippen LogP) is 5.39. The maximum absolute atomic E-state index is 14.3. The molecule has 1 N–H and O–H groups in total. The quantitative estimate of drug-likeness (QED) is 0.529. The van der Waals surface area contributed by atoms with Gasteiger partial charge in [0.25, 0.3) is 5.56 Å². The summed E-state index contributed by atoms with van der Waals surface area (Å²) >= 11 is 0. The molecule has 4 rings (SSSR count). The van der Waals surface area contributed by atoms with Crippen LogP contribution in [0, 0.1) is 17.1 Å². The Labute approximate surface area is 161 Å². The van der Waals surface area contributed by atoms with Crippen LogP contribution >= 0.6 is 0 Å². The molecule has 0 spiro atoms. The summed E-state index contributed by atoms with van der Waals surface area (Å²) in [5.41, 5.74) is 3.32. The molecule has 0 bridgehead atoms. The van der Waals surface area contributed by atoms with E-state index in [0.717, 1.165) is 16.7 Å². The zero-order chi connectivity index (χ0) is 19.5. The summed E-state index contributed by atoms with van der Waals surface area (Å²) in [6.45, 7) is 0. The van der Waals surface area contributed by atoms with Gasteiger partial charge < -0.3 is 4.98 Å². The summed E-state index contributed by atoms with van der Waals surface area (Å²) in [5.74, 6) is -0.477. The number of nitrogens with one attached hydrogen (secondary N) is 1. The van der Waals surface area contributed by atoms with Gasteiger partial charge in [0.1, 0.15) is 17.4 Å². The molecule has 0 saturated heterocycles. The highest BCUT2D eigenvalue weighted by Gasteiger charge is 2.15. The number of aromatic amines is 1. The normalized spacial score (nSPS) is 10.4. The molecular weight excluding hydrogens is 351 g/mol. The van der Waals surface area contributed by atoms with Crippen LogP contribution in [-0.4, -0.2) is 4.98 Å². The fourth-order valence-electron chi connectivity index (χ4n) is 3.19. The summed E-state index contributed by atoms with van der Waals surface area (Å²) in [6, 6.07) is 27.3. The summed E-state index contributed by atoms with van der Waals surface area (Å²) in [5, 5.41) is 9.38. The van der Waals surface area contributed by atoms with E-state index in [9.17, 15) is 14.4 Å². The highest BCUT2D eigenvalue weighted by Crippen LogP contribution is 2.29. The number of pyridine rings is 1. The Morgan fingerprint density at radius 2 is 1.36 bits per heavy atom. The first-order valence-electron chi connectivity index (χ1n) is 8.75. The smallest absolute Gasteiger partial charge is 0.266 e. The monoisotopic (exact) mass is 366 g/mol. The third-order valence-corrected chi connectivity index (χ3v) is 4.61. The number of benzene rings is 3. The Kier molecular flexibility index (Phi) is 4.57. The molecule has 3 nitrogen and oxygen atoms in total. The second kappa shape index (κ2) is 7.34. The Balaban J connectivity index is 1.82. The van der Waals surface area contributed by atoms with Crippen LogP contribution in [0.5, 0.6) is 0 Å². The van der Waals surface area contributed by atoms with Crippen LogP contribution in [-0.2, 0) is 0 Å². The molecule has 0 fully saturated rings. The van der Waals surface area contributed by atoms with Gasteiger partial charge in [0.2, 0.25) is 0 Å². The minimum Gasteiger partial charge on any atom is -0.321 e. The van der Waals surface area contributed by atoms with Gasteiger partial charge in [0.05, 0.1) is 0 Å². The molecule has 0 atom stereocenters. The minimum absolute atomic E-state index is 0.102. The second-order valence-corrected chi connectivity index (χ2v) is 6.34. The molecule has 0 aliphatic carbocycles. The molecule has 0 unspecified atom stereocenters. The van der Waals surface area contributed by atoms with Crippen LogP contribution in [0.2, 0.25) is 0 Å². The van der Waals surface area contributed by atoms with Crippen LogP contribution in [0.1, 0.15) is 5.56 Å². The van der Waals surface area contributed by atoms with Crippen molar-refractivity contribution < 1.29 is 4.39 Å². The minimum atomic E-state index is -0.537. The maximum Gasteiger partial charge on any atom is 0.266 e. The van der Waals surface area contributed by atoms with Crippen molar-refractivity contribution in [2.24, 2.45) is 0 Å². The molecule has 0 amide bonds. The lowest BCUT2D eigenvalue weighted by atomic mass is 9.97. The highest BCUT2D eigenvalue weighted by atomic mass is 19.1. The van der Waals surface area contributed by atoms with Gasteiger partial charge in [-0.25, -0.2) is 4.39 Å². The van der Waals surface area contributed by atoms with E-state index in [4.69, 9.17) is 0 Å². The average Bonchev–Trinajstić information content (AvgIpc) is 2.74. The Bertz CT molecular complexity index is 1240.